The van der Waals surface area contributed by atoms with Crippen LogP contribution in [0.1, 0.15) is 79.6 Å². The van der Waals surface area contributed by atoms with Crippen molar-refractivity contribution >= 4 is 23.5 Å². The Bertz CT molecular complexity index is 472. The van der Waals surface area contributed by atoms with E-state index < -0.39 is 0 Å². The largest absolute Gasteiger partial charge is 0.465 e. The third-order valence-corrected chi connectivity index (χ3v) is 6.83. The van der Waals surface area contributed by atoms with E-state index in [4.69, 9.17) is 4.74 Å². The van der Waals surface area contributed by atoms with Gasteiger partial charge < -0.3 is 4.74 Å². The van der Waals surface area contributed by atoms with Crippen LogP contribution in [-0.4, -0.2) is 29.4 Å². The number of rotatable bonds is 7. The molecule has 26 heavy (non-hydrogen) atoms. The maximum absolute atomic E-state index is 12.9. The van der Waals surface area contributed by atoms with Gasteiger partial charge in [0.25, 0.3) is 0 Å². The fraction of sp³-hybridized carbons (Fsp3) is 0.818. The van der Waals surface area contributed by atoms with E-state index in [1.807, 2.05) is 13.8 Å². The fourth-order valence-corrected chi connectivity index (χ4v) is 5.34. The van der Waals surface area contributed by atoms with Gasteiger partial charge in [-0.3, -0.25) is 9.59 Å². The maximum Gasteiger partial charge on any atom is 0.309 e. The van der Waals surface area contributed by atoms with Crippen molar-refractivity contribution in [3.05, 3.63) is 11.6 Å². The second kappa shape index (κ2) is 12.6. The first-order valence-electron chi connectivity index (χ1n) is 10.5. The van der Waals surface area contributed by atoms with Crippen LogP contribution in [0.25, 0.3) is 0 Å². The highest BCUT2D eigenvalue weighted by molar-refractivity contribution is 8.00. The molecule has 1 aliphatic carbocycles. The molecule has 4 atom stereocenters. The summed E-state index contributed by atoms with van der Waals surface area (Å²) in [6, 6.07) is 0. The molecule has 2 unspecified atom stereocenters. The van der Waals surface area contributed by atoms with Gasteiger partial charge in [0.2, 0.25) is 0 Å². The molecule has 3 nitrogen and oxygen atoms in total. The minimum atomic E-state index is -0.210. The number of carbonyl (C=O) groups is 2. The molecule has 0 N–H and O–H groups in total. The second-order valence-corrected chi connectivity index (χ2v) is 8.67. The molecule has 2 fully saturated rings. The van der Waals surface area contributed by atoms with E-state index in [1.54, 1.807) is 11.8 Å². The lowest BCUT2D eigenvalue weighted by molar-refractivity contribution is -0.154. The van der Waals surface area contributed by atoms with Crippen LogP contribution < -0.4 is 0 Å². The van der Waals surface area contributed by atoms with E-state index >= 15 is 0 Å². The third kappa shape index (κ3) is 7.09. The Morgan fingerprint density at radius 2 is 1.81 bits per heavy atom. The first kappa shape index (κ1) is 23.3. The van der Waals surface area contributed by atoms with Gasteiger partial charge in [-0.1, -0.05) is 52.2 Å². The van der Waals surface area contributed by atoms with Crippen LogP contribution >= 0.6 is 11.8 Å². The van der Waals surface area contributed by atoms with Gasteiger partial charge in [-0.05, 0) is 44.3 Å². The van der Waals surface area contributed by atoms with Crippen molar-refractivity contribution < 1.29 is 14.3 Å². The lowest BCUT2D eigenvalue weighted by Crippen LogP contribution is -2.37. The summed E-state index contributed by atoms with van der Waals surface area (Å²) in [4.78, 5) is 25.4. The molecule has 2 rings (SSSR count). The van der Waals surface area contributed by atoms with Gasteiger partial charge in [0.1, 0.15) is 5.78 Å². The standard InChI is InChI=1S/C20H32O3S.C2H6/c1-4-7-14(2)10-11-23-20(22)17-9-6-5-8-16(17)19(21)18-12-15(3)13-24-18;1-2/h7,15-18H,4-6,8-13H2,1-3H3;1-2H3/b14-7+;/t15?,16-,17+,18?;/m1./s1. The van der Waals surface area contributed by atoms with Crippen molar-refractivity contribution in [1.82, 2.24) is 0 Å². The number of ether oxygens (including phenoxy) is 1. The molecule has 0 aromatic carbocycles. The lowest BCUT2D eigenvalue weighted by atomic mass is 9.75. The van der Waals surface area contributed by atoms with Crippen LogP contribution in [0.4, 0.5) is 0 Å². The van der Waals surface area contributed by atoms with E-state index in [2.05, 4.69) is 26.8 Å². The lowest BCUT2D eigenvalue weighted by Gasteiger charge is -2.30. The highest BCUT2D eigenvalue weighted by Gasteiger charge is 2.41. The van der Waals surface area contributed by atoms with Crippen molar-refractivity contribution in [1.29, 1.82) is 0 Å². The summed E-state index contributed by atoms with van der Waals surface area (Å²) in [7, 11) is 0. The molecule has 2 aliphatic rings. The van der Waals surface area contributed by atoms with Gasteiger partial charge in [0, 0.05) is 12.3 Å². The molecule has 0 radical (unpaired) electrons. The molecular weight excluding hydrogens is 344 g/mol. The maximum atomic E-state index is 12.9. The molecule has 0 spiro atoms. The summed E-state index contributed by atoms with van der Waals surface area (Å²) in [5.41, 5.74) is 1.26. The van der Waals surface area contributed by atoms with Crippen LogP contribution in [0.3, 0.4) is 0 Å². The van der Waals surface area contributed by atoms with Gasteiger partial charge in [0.15, 0.2) is 0 Å². The zero-order valence-electron chi connectivity index (χ0n) is 17.4. The number of hydrogen-bond acceptors (Lipinski definition) is 4. The zero-order valence-corrected chi connectivity index (χ0v) is 18.2. The Kier molecular flexibility index (Phi) is 11.3. The Balaban J connectivity index is 0.00000163. The normalized spacial score (nSPS) is 28.9. The summed E-state index contributed by atoms with van der Waals surface area (Å²) in [5, 5.41) is 0.105. The first-order chi connectivity index (χ1) is 12.5. The summed E-state index contributed by atoms with van der Waals surface area (Å²) in [6.07, 6.45) is 8.71. The molecule has 150 valence electrons. The van der Waals surface area contributed by atoms with E-state index in [0.717, 1.165) is 50.7 Å². The Morgan fingerprint density at radius 1 is 1.15 bits per heavy atom. The SMILES string of the molecule is CC.CC/C=C(\C)CCOC(=O)[C@H]1CCCC[C@H]1C(=O)C1CC(C)CS1. The second-order valence-electron chi connectivity index (χ2n) is 7.44. The van der Waals surface area contributed by atoms with Gasteiger partial charge in [-0.2, -0.15) is 11.8 Å². The Hall–Kier alpha value is -0.770. The van der Waals surface area contributed by atoms with Crippen molar-refractivity contribution in [2.45, 2.75) is 84.8 Å². The topological polar surface area (TPSA) is 43.4 Å². The van der Waals surface area contributed by atoms with Crippen molar-refractivity contribution in [2.24, 2.45) is 17.8 Å². The van der Waals surface area contributed by atoms with Crippen molar-refractivity contribution in [2.75, 3.05) is 12.4 Å². The predicted molar refractivity (Wildman–Crippen MR) is 111 cm³/mol. The summed E-state index contributed by atoms with van der Waals surface area (Å²) >= 11 is 1.78. The first-order valence-corrected chi connectivity index (χ1v) is 11.5. The Labute approximate surface area is 164 Å². The minimum absolute atomic E-state index is 0.105. The van der Waals surface area contributed by atoms with Gasteiger partial charge >= 0.3 is 5.97 Å². The molecule has 4 heteroatoms. The van der Waals surface area contributed by atoms with E-state index in [0.29, 0.717) is 18.3 Å². The minimum Gasteiger partial charge on any atom is -0.465 e. The van der Waals surface area contributed by atoms with Crippen LogP contribution in [0.5, 0.6) is 0 Å². The highest BCUT2D eigenvalue weighted by atomic mass is 32.2. The van der Waals surface area contributed by atoms with E-state index in [1.165, 1.54) is 5.57 Å². The van der Waals surface area contributed by atoms with Crippen molar-refractivity contribution in [3.8, 4) is 0 Å². The number of allylic oxidation sites excluding steroid dienone is 1. The van der Waals surface area contributed by atoms with Gasteiger partial charge in [-0.15, -0.1) is 0 Å². The number of ketones is 1. The predicted octanol–water partition coefficient (Wildman–Crippen LogP) is 5.82. The number of Topliss-reactive ketones (excluding diaryl/α,β-unsaturated/α-hetero) is 1. The molecular formula is C22H38O3S. The molecule has 1 saturated carbocycles. The number of esters is 1. The van der Waals surface area contributed by atoms with Gasteiger partial charge in [-0.25, -0.2) is 0 Å². The van der Waals surface area contributed by atoms with E-state index in [9.17, 15) is 9.59 Å². The molecule has 0 amide bonds. The molecule has 0 aromatic rings. The monoisotopic (exact) mass is 382 g/mol. The van der Waals surface area contributed by atoms with Crippen molar-refractivity contribution in [3.63, 3.8) is 0 Å². The smallest absolute Gasteiger partial charge is 0.309 e. The molecule has 0 bridgehead atoms. The number of hydrogen-bond donors (Lipinski definition) is 0. The zero-order chi connectivity index (χ0) is 19.5. The van der Waals surface area contributed by atoms with Crippen LogP contribution in [0, 0.1) is 17.8 Å². The molecule has 1 heterocycles. The summed E-state index contributed by atoms with van der Waals surface area (Å²) in [6.45, 7) is 10.8. The van der Waals surface area contributed by atoms with Gasteiger partial charge in [0.05, 0.1) is 17.8 Å². The molecule has 1 saturated heterocycles. The van der Waals surface area contributed by atoms with Crippen LogP contribution in [-0.2, 0) is 14.3 Å². The summed E-state index contributed by atoms with van der Waals surface area (Å²) in [5.74, 6) is 1.54. The molecule has 1 aliphatic heterocycles. The quantitative estimate of drug-likeness (QED) is 0.411. The average Bonchev–Trinajstić information content (AvgIpc) is 3.09. The fourth-order valence-electron chi connectivity index (χ4n) is 3.84. The van der Waals surface area contributed by atoms with E-state index in [-0.39, 0.29) is 23.1 Å². The average molecular weight is 383 g/mol. The third-order valence-electron chi connectivity index (χ3n) is 5.24. The number of thioether (sulfide) groups is 1. The Morgan fingerprint density at radius 3 is 2.38 bits per heavy atom. The summed E-state index contributed by atoms with van der Waals surface area (Å²) < 4.78 is 5.52. The number of carbonyl (C=O) groups excluding carboxylic acids is 2. The van der Waals surface area contributed by atoms with Crippen LogP contribution in [0.15, 0.2) is 11.6 Å². The highest BCUT2D eigenvalue weighted by Crippen LogP contribution is 2.39. The molecule has 0 aromatic heterocycles. The van der Waals surface area contributed by atoms with Crippen LogP contribution in [0.2, 0.25) is 0 Å².